The van der Waals surface area contributed by atoms with E-state index in [2.05, 4.69) is 20.7 Å². The molecule has 3 N–H and O–H groups in total. The lowest BCUT2D eigenvalue weighted by Crippen LogP contribution is -2.34. The first-order valence-corrected chi connectivity index (χ1v) is 8.64. The van der Waals surface area contributed by atoms with Gasteiger partial charge in [-0.05, 0) is 38.1 Å². The van der Waals surface area contributed by atoms with Crippen molar-refractivity contribution in [3.05, 3.63) is 60.2 Å². The number of halogens is 3. The van der Waals surface area contributed by atoms with Crippen LogP contribution in [0.3, 0.4) is 0 Å². The fourth-order valence-electron chi connectivity index (χ4n) is 2.30. The molecule has 0 heterocycles. The number of carbonyl (C=O) groups is 2. The molecule has 154 valence electrons. The third kappa shape index (κ3) is 7.57. The highest BCUT2D eigenvalue weighted by molar-refractivity contribution is 6.05. The van der Waals surface area contributed by atoms with Gasteiger partial charge in [0.25, 0.3) is 0 Å². The van der Waals surface area contributed by atoms with Gasteiger partial charge in [0.15, 0.2) is 0 Å². The molecule has 0 aliphatic rings. The summed E-state index contributed by atoms with van der Waals surface area (Å²) in [5.74, 6) is -1.01. The Balaban J connectivity index is 2.10. The summed E-state index contributed by atoms with van der Waals surface area (Å²) in [7, 11) is 0. The van der Waals surface area contributed by atoms with E-state index in [4.69, 9.17) is 0 Å². The molecular weight excluding hydrogens is 387 g/mol. The molecule has 9 heteroatoms. The monoisotopic (exact) mass is 407 g/mol. The van der Waals surface area contributed by atoms with Crippen molar-refractivity contribution in [3.63, 3.8) is 0 Å². The van der Waals surface area contributed by atoms with Crippen LogP contribution in [0.2, 0.25) is 0 Å². The van der Waals surface area contributed by atoms with Crippen LogP contribution >= 0.6 is 0 Å². The van der Waals surface area contributed by atoms with Gasteiger partial charge in [0, 0.05) is 17.7 Å². The lowest BCUT2D eigenvalue weighted by atomic mass is 10.2. The van der Waals surface area contributed by atoms with Gasteiger partial charge in [-0.3, -0.25) is 4.79 Å². The largest absolute Gasteiger partial charge is 0.573 e. The van der Waals surface area contributed by atoms with E-state index in [1.165, 1.54) is 24.3 Å². The van der Waals surface area contributed by atoms with Crippen LogP contribution in [0.5, 0.6) is 5.75 Å². The predicted octanol–water partition coefficient (Wildman–Crippen LogP) is 4.77. The molecule has 2 aromatic rings. The Morgan fingerprint density at radius 3 is 2.17 bits per heavy atom. The first kappa shape index (κ1) is 21.8. The summed E-state index contributed by atoms with van der Waals surface area (Å²) in [5.41, 5.74) is 0.789. The van der Waals surface area contributed by atoms with Crippen molar-refractivity contribution >= 4 is 29.4 Å². The number of hydrogen-bond acceptors (Lipinski definition) is 3. The number of ether oxygens (including phenoxy) is 1. The highest BCUT2D eigenvalue weighted by Gasteiger charge is 2.31. The zero-order chi connectivity index (χ0) is 21.4. The number of benzene rings is 2. The van der Waals surface area contributed by atoms with Crippen molar-refractivity contribution in [2.45, 2.75) is 26.3 Å². The lowest BCUT2D eigenvalue weighted by Gasteiger charge is -2.13. The van der Waals surface area contributed by atoms with Crippen molar-refractivity contribution in [3.8, 4) is 5.75 Å². The molecule has 0 spiro atoms. The maximum atomic E-state index is 12.5. The quantitative estimate of drug-likeness (QED) is 0.604. The molecule has 6 nitrogen and oxygen atoms in total. The molecule has 0 saturated heterocycles. The van der Waals surface area contributed by atoms with Gasteiger partial charge in [0.1, 0.15) is 5.75 Å². The minimum Gasteiger partial charge on any atom is -0.405 e. The van der Waals surface area contributed by atoms with Gasteiger partial charge in [-0.15, -0.1) is 13.2 Å². The SMILES string of the molecule is CC(C)NC(=O)Nc1ccccc1NC(=O)/C=C/c1ccccc1OC(F)(F)F. The number of para-hydroxylation sites is 3. The van der Waals surface area contributed by atoms with Crippen LogP contribution in [0.4, 0.5) is 29.3 Å². The van der Waals surface area contributed by atoms with Crippen molar-refractivity contribution in [2.75, 3.05) is 10.6 Å². The highest BCUT2D eigenvalue weighted by atomic mass is 19.4. The van der Waals surface area contributed by atoms with Crippen LogP contribution in [0.1, 0.15) is 19.4 Å². The smallest absolute Gasteiger partial charge is 0.405 e. The standard InChI is InChI=1S/C20H20F3N3O3/c1-13(2)24-19(28)26-16-9-5-4-8-15(16)25-18(27)12-11-14-7-3-6-10-17(14)29-20(21,22)23/h3-13H,1-2H3,(H,25,27)(H2,24,26,28)/b12-11+. The number of nitrogens with one attached hydrogen (secondary N) is 3. The van der Waals surface area contributed by atoms with E-state index < -0.39 is 24.1 Å². The Morgan fingerprint density at radius 2 is 1.55 bits per heavy atom. The van der Waals surface area contributed by atoms with E-state index in [-0.39, 0.29) is 11.6 Å². The Bertz CT molecular complexity index is 896. The van der Waals surface area contributed by atoms with Crippen molar-refractivity contribution < 1.29 is 27.5 Å². The van der Waals surface area contributed by atoms with Gasteiger partial charge >= 0.3 is 12.4 Å². The molecule has 0 fully saturated rings. The summed E-state index contributed by atoms with van der Waals surface area (Å²) in [6.07, 6.45) is -2.56. The molecule has 0 aliphatic carbocycles. The Hall–Kier alpha value is -3.49. The van der Waals surface area contributed by atoms with Crippen molar-refractivity contribution in [1.29, 1.82) is 0 Å². The number of amides is 3. The summed E-state index contributed by atoms with van der Waals surface area (Å²) in [5, 5.41) is 7.86. The second kappa shape index (κ2) is 9.63. The molecule has 0 bridgehead atoms. The molecule has 3 amide bonds. The van der Waals surface area contributed by atoms with Gasteiger partial charge in [-0.1, -0.05) is 30.3 Å². The number of hydrogen-bond donors (Lipinski definition) is 3. The first-order chi connectivity index (χ1) is 13.6. The average Bonchev–Trinajstić information content (AvgIpc) is 2.60. The fourth-order valence-corrected chi connectivity index (χ4v) is 2.30. The summed E-state index contributed by atoms with van der Waals surface area (Å²) in [6, 6.07) is 11.5. The second-order valence-electron chi connectivity index (χ2n) is 6.21. The topological polar surface area (TPSA) is 79.5 Å². The van der Waals surface area contributed by atoms with Gasteiger partial charge in [0.2, 0.25) is 5.91 Å². The van der Waals surface area contributed by atoms with Crippen LogP contribution in [-0.2, 0) is 4.79 Å². The number of carbonyl (C=O) groups excluding carboxylic acids is 2. The molecule has 29 heavy (non-hydrogen) atoms. The Labute approximate surface area is 165 Å². The minimum atomic E-state index is -4.84. The molecule has 0 aliphatic heterocycles. The molecule has 2 aromatic carbocycles. The van der Waals surface area contributed by atoms with Crippen molar-refractivity contribution in [2.24, 2.45) is 0 Å². The summed E-state index contributed by atoms with van der Waals surface area (Å²) in [4.78, 5) is 24.1. The average molecular weight is 407 g/mol. The molecular formula is C20H20F3N3O3. The Morgan fingerprint density at radius 1 is 0.966 bits per heavy atom. The number of urea groups is 1. The lowest BCUT2D eigenvalue weighted by molar-refractivity contribution is -0.274. The zero-order valence-corrected chi connectivity index (χ0v) is 15.7. The summed E-state index contributed by atoms with van der Waals surface area (Å²) < 4.78 is 41.4. The van der Waals surface area contributed by atoms with Gasteiger partial charge < -0.3 is 20.7 Å². The number of alkyl halides is 3. The van der Waals surface area contributed by atoms with Crippen LogP contribution in [0.15, 0.2) is 54.6 Å². The van der Waals surface area contributed by atoms with E-state index >= 15 is 0 Å². The molecule has 2 rings (SSSR count). The predicted molar refractivity (Wildman–Crippen MR) is 105 cm³/mol. The highest BCUT2D eigenvalue weighted by Crippen LogP contribution is 2.27. The molecule has 0 saturated carbocycles. The second-order valence-corrected chi connectivity index (χ2v) is 6.21. The minimum absolute atomic E-state index is 0.0707. The molecule has 0 aromatic heterocycles. The molecule has 0 atom stereocenters. The maximum Gasteiger partial charge on any atom is 0.573 e. The Kier molecular flexibility index (Phi) is 7.24. The van der Waals surface area contributed by atoms with E-state index in [1.54, 1.807) is 38.1 Å². The zero-order valence-electron chi connectivity index (χ0n) is 15.7. The first-order valence-electron chi connectivity index (χ1n) is 8.64. The van der Waals surface area contributed by atoms with E-state index in [0.717, 1.165) is 12.1 Å². The van der Waals surface area contributed by atoms with E-state index in [0.29, 0.717) is 11.4 Å². The number of rotatable bonds is 6. The van der Waals surface area contributed by atoms with E-state index in [9.17, 15) is 22.8 Å². The van der Waals surface area contributed by atoms with Gasteiger partial charge in [0.05, 0.1) is 11.4 Å². The van der Waals surface area contributed by atoms with Gasteiger partial charge in [-0.2, -0.15) is 0 Å². The molecule has 0 unspecified atom stereocenters. The van der Waals surface area contributed by atoms with Crippen molar-refractivity contribution in [1.82, 2.24) is 5.32 Å². The van der Waals surface area contributed by atoms with Gasteiger partial charge in [-0.25, -0.2) is 4.79 Å². The maximum absolute atomic E-state index is 12.5. The van der Waals surface area contributed by atoms with Crippen LogP contribution in [-0.4, -0.2) is 24.3 Å². The summed E-state index contributed by atoms with van der Waals surface area (Å²) in [6.45, 7) is 3.61. The third-order valence-corrected chi connectivity index (χ3v) is 3.41. The fraction of sp³-hybridized carbons (Fsp3) is 0.200. The molecule has 0 radical (unpaired) electrons. The van der Waals surface area contributed by atoms with Crippen LogP contribution in [0, 0.1) is 0 Å². The van der Waals surface area contributed by atoms with Crippen LogP contribution < -0.4 is 20.7 Å². The van der Waals surface area contributed by atoms with E-state index in [1.807, 2.05) is 0 Å². The normalized spacial score (nSPS) is 11.4. The van der Waals surface area contributed by atoms with Crippen LogP contribution in [0.25, 0.3) is 6.08 Å². The third-order valence-electron chi connectivity index (χ3n) is 3.41. The number of anilines is 2. The summed E-state index contributed by atoms with van der Waals surface area (Å²) >= 11 is 0.